The van der Waals surface area contributed by atoms with E-state index in [1.54, 1.807) is 0 Å². The van der Waals surface area contributed by atoms with E-state index in [-0.39, 0.29) is 5.56 Å². The minimum atomic E-state index is -0.463. The molecule has 10 nitrogen and oxygen atoms in total. The van der Waals surface area contributed by atoms with Crippen molar-refractivity contribution in [1.82, 2.24) is 39.7 Å². The van der Waals surface area contributed by atoms with Gasteiger partial charge in [-0.2, -0.15) is 5.21 Å². The number of imidazole rings is 1. The number of H-pyrrole nitrogens is 2. The molecule has 206 valence electrons. The smallest absolute Gasteiger partial charge is 0.318 e. The Morgan fingerprint density at radius 3 is 2.34 bits per heavy atom. The van der Waals surface area contributed by atoms with Gasteiger partial charge in [0.1, 0.15) is 5.82 Å². The number of benzene rings is 3. The molecule has 0 saturated carbocycles. The van der Waals surface area contributed by atoms with Gasteiger partial charge in [-0.25, -0.2) is 9.78 Å². The number of aromatic amines is 2. The van der Waals surface area contributed by atoms with E-state index in [0.29, 0.717) is 30.0 Å². The van der Waals surface area contributed by atoms with E-state index in [2.05, 4.69) is 56.8 Å². The molecule has 0 aliphatic carbocycles. The highest BCUT2D eigenvalue weighted by Gasteiger charge is 2.21. The summed E-state index contributed by atoms with van der Waals surface area (Å²) in [5.74, 6) is 1.32. The highest BCUT2D eigenvalue weighted by atomic mass is 16.2. The van der Waals surface area contributed by atoms with E-state index >= 15 is 0 Å². The molecule has 2 N–H and O–H groups in total. The number of hydrogen-bond donors (Lipinski definition) is 2. The fourth-order valence-corrected chi connectivity index (χ4v) is 5.28. The molecular formula is C31H30N8O2. The second-order valence-electron chi connectivity index (χ2n) is 10.1. The Bertz CT molecular complexity index is 1900. The third-order valence-electron chi connectivity index (χ3n) is 7.45. The number of rotatable bonds is 9. The van der Waals surface area contributed by atoms with Crippen molar-refractivity contribution >= 4 is 11.2 Å². The Balaban J connectivity index is 1.41. The number of aryl methyl sites for hydroxylation is 1. The van der Waals surface area contributed by atoms with Gasteiger partial charge in [0.2, 0.25) is 5.82 Å². The standard InChI is InChI=1S/C31H30N8O2/c1-3-4-14-26-32-29-27(30(40)39(31(41)33-29)20(2)22-10-6-5-7-11-22)38(26)19-21-15-17-23(18-16-21)24-12-8-9-13-25(24)28-34-36-37-35-28/h5-13,15-18,20H,3-4,14,19H2,1-2H3,(H,33,41)(H,34,35,36,37). The first kappa shape index (κ1) is 26.1. The number of hydrogen-bond acceptors (Lipinski definition) is 6. The van der Waals surface area contributed by atoms with E-state index in [9.17, 15) is 9.59 Å². The monoisotopic (exact) mass is 546 g/mol. The van der Waals surface area contributed by atoms with Crippen LogP contribution in [0.2, 0.25) is 0 Å². The molecule has 0 amide bonds. The fourth-order valence-electron chi connectivity index (χ4n) is 5.28. The van der Waals surface area contributed by atoms with Crippen LogP contribution in [0, 0.1) is 0 Å². The zero-order chi connectivity index (χ0) is 28.3. The molecule has 3 aromatic heterocycles. The maximum absolute atomic E-state index is 13.9. The minimum absolute atomic E-state index is 0.327. The van der Waals surface area contributed by atoms with Gasteiger partial charge in [0.05, 0.1) is 6.04 Å². The lowest BCUT2D eigenvalue weighted by Gasteiger charge is -2.15. The maximum Gasteiger partial charge on any atom is 0.330 e. The van der Waals surface area contributed by atoms with Crippen LogP contribution in [-0.4, -0.2) is 39.7 Å². The van der Waals surface area contributed by atoms with Gasteiger partial charge in [-0.05, 0) is 40.8 Å². The molecule has 10 heteroatoms. The molecule has 3 aromatic carbocycles. The first-order valence-electron chi connectivity index (χ1n) is 13.8. The van der Waals surface area contributed by atoms with Gasteiger partial charge in [-0.15, -0.1) is 10.2 Å². The predicted octanol–water partition coefficient (Wildman–Crippen LogP) is 4.73. The lowest BCUT2D eigenvalue weighted by molar-refractivity contribution is 0.581. The second-order valence-corrected chi connectivity index (χ2v) is 10.1. The molecule has 41 heavy (non-hydrogen) atoms. The molecule has 0 aliphatic rings. The highest BCUT2D eigenvalue weighted by Crippen LogP contribution is 2.30. The molecule has 0 spiro atoms. The number of nitrogens with zero attached hydrogens (tertiary/aromatic N) is 6. The van der Waals surface area contributed by atoms with Crippen LogP contribution < -0.4 is 11.2 Å². The summed E-state index contributed by atoms with van der Waals surface area (Å²) in [5.41, 5.74) is 4.71. The average Bonchev–Trinajstić information content (AvgIpc) is 3.65. The third kappa shape index (κ3) is 5.00. The van der Waals surface area contributed by atoms with Crippen LogP contribution >= 0.6 is 0 Å². The Morgan fingerprint density at radius 2 is 1.63 bits per heavy atom. The molecule has 0 aliphatic heterocycles. The Hall–Kier alpha value is -5.12. The molecular weight excluding hydrogens is 516 g/mol. The number of nitrogens with one attached hydrogen (secondary N) is 2. The molecule has 0 radical (unpaired) electrons. The first-order chi connectivity index (χ1) is 20.0. The minimum Gasteiger partial charge on any atom is -0.318 e. The molecule has 0 bridgehead atoms. The molecule has 0 fully saturated rings. The lowest BCUT2D eigenvalue weighted by Crippen LogP contribution is -2.38. The van der Waals surface area contributed by atoms with Gasteiger partial charge >= 0.3 is 5.69 Å². The number of tetrazole rings is 1. The molecule has 3 heterocycles. The van der Waals surface area contributed by atoms with Crippen molar-refractivity contribution in [3.05, 3.63) is 117 Å². The van der Waals surface area contributed by atoms with Crippen molar-refractivity contribution in [3.8, 4) is 22.5 Å². The average molecular weight is 547 g/mol. The second kappa shape index (κ2) is 11.2. The lowest BCUT2D eigenvalue weighted by atomic mass is 9.98. The van der Waals surface area contributed by atoms with Crippen LogP contribution in [0.1, 0.15) is 49.7 Å². The first-order valence-corrected chi connectivity index (χ1v) is 13.8. The van der Waals surface area contributed by atoms with Crippen molar-refractivity contribution in [3.63, 3.8) is 0 Å². The van der Waals surface area contributed by atoms with Crippen LogP contribution in [0.5, 0.6) is 0 Å². The largest absolute Gasteiger partial charge is 0.330 e. The Kier molecular flexibility index (Phi) is 7.11. The van der Waals surface area contributed by atoms with Crippen molar-refractivity contribution in [2.24, 2.45) is 0 Å². The van der Waals surface area contributed by atoms with Crippen molar-refractivity contribution in [1.29, 1.82) is 0 Å². The summed E-state index contributed by atoms with van der Waals surface area (Å²) in [6, 6.07) is 25.3. The summed E-state index contributed by atoms with van der Waals surface area (Å²) in [6.45, 7) is 4.43. The molecule has 1 unspecified atom stereocenters. The normalized spacial score (nSPS) is 12.1. The van der Waals surface area contributed by atoms with Crippen molar-refractivity contribution < 1.29 is 0 Å². The van der Waals surface area contributed by atoms with Gasteiger partial charge in [0, 0.05) is 18.5 Å². The Labute approximate surface area is 235 Å². The van der Waals surface area contributed by atoms with E-state index in [0.717, 1.165) is 46.5 Å². The fraction of sp³-hybridized carbons (Fsp3) is 0.226. The van der Waals surface area contributed by atoms with Crippen molar-refractivity contribution in [2.75, 3.05) is 0 Å². The van der Waals surface area contributed by atoms with Crippen LogP contribution in [0.3, 0.4) is 0 Å². The zero-order valence-electron chi connectivity index (χ0n) is 22.9. The van der Waals surface area contributed by atoms with E-state index < -0.39 is 11.7 Å². The summed E-state index contributed by atoms with van der Waals surface area (Å²) < 4.78 is 3.25. The number of unbranched alkanes of at least 4 members (excludes halogenated alkanes) is 1. The van der Waals surface area contributed by atoms with E-state index in [1.165, 1.54) is 4.57 Å². The molecule has 6 rings (SSSR count). The SMILES string of the molecule is CCCCc1nc2[nH]c(=O)n(C(C)c3ccccc3)c(=O)c2n1Cc1ccc(-c2ccccc2-c2nn[nH]n2)cc1. The zero-order valence-corrected chi connectivity index (χ0v) is 22.9. The van der Waals surface area contributed by atoms with Crippen LogP contribution in [0.25, 0.3) is 33.7 Å². The summed E-state index contributed by atoms with van der Waals surface area (Å²) in [6.07, 6.45) is 2.62. The summed E-state index contributed by atoms with van der Waals surface area (Å²) in [7, 11) is 0. The summed E-state index contributed by atoms with van der Waals surface area (Å²) >= 11 is 0. The van der Waals surface area contributed by atoms with Gasteiger partial charge in [0.15, 0.2) is 11.2 Å². The molecule has 6 aromatic rings. The predicted molar refractivity (Wildman–Crippen MR) is 158 cm³/mol. The van der Waals surface area contributed by atoms with Gasteiger partial charge in [-0.3, -0.25) is 14.3 Å². The molecule has 1 atom stereocenters. The maximum atomic E-state index is 13.9. The Morgan fingerprint density at radius 1 is 0.902 bits per heavy atom. The molecule has 0 saturated heterocycles. The van der Waals surface area contributed by atoms with Gasteiger partial charge in [0.25, 0.3) is 5.56 Å². The van der Waals surface area contributed by atoms with Gasteiger partial charge < -0.3 is 4.57 Å². The quantitative estimate of drug-likeness (QED) is 0.270. The summed E-state index contributed by atoms with van der Waals surface area (Å²) in [5, 5.41) is 14.5. The van der Waals surface area contributed by atoms with E-state index in [1.807, 2.05) is 66.1 Å². The third-order valence-corrected chi connectivity index (χ3v) is 7.45. The van der Waals surface area contributed by atoms with Crippen LogP contribution in [0.4, 0.5) is 0 Å². The van der Waals surface area contributed by atoms with Crippen LogP contribution in [-0.2, 0) is 13.0 Å². The van der Waals surface area contributed by atoms with Crippen LogP contribution in [0.15, 0.2) is 88.5 Å². The summed E-state index contributed by atoms with van der Waals surface area (Å²) in [4.78, 5) is 34.6. The van der Waals surface area contributed by atoms with Crippen molar-refractivity contribution in [2.45, 2.75) is 45.7 Å². The number of fused-ring (bicyclic) bond motifs is 1. The van der Waals surface area contributed by atoms with E-state index in [4.69, 9.17) is 4.98 Å². The highest BCUT2D eigenvalue weighted by molar-refractivity contribution is 5.80. The topological polar surface area (TPSA) is 127 Å². The number of aromatic nitrogens is 8. The van der Waals surface area contributed by atoms with Gasteiger partial charge in [-0.1, -0.05) is 92.2 Å².